The fourth-order valence-corrected chi connectivity index (χ4v) is 2.07. The van der Waals surface area contributed by atoms with E-state index in [1.807, 2.05) is 11.8 Å². The summed E-state index contributed by atoms with van der Waals surface area (Å²) in [5.74, 6) is 0.0195. The van der Waals surface area contributed by atoms with Crippen molar-refractivity contribution in [3.05, 3.63) is 17.8 Å². The molecule has 1 aromatic rings. The number of hydrogen-bond donors (Lipinski definition) is 0. The van der Waals surface area contributed by atoms with Gasteiger partial charge in [0.05, 0.1) is 17.8 Å². The van der Waals surface area contributed by atoms with Crippen LogP contribution in [0.2, 0.25) is 0 Å². The predicted octanol–water partition coefficient (Wildman–Crippen LogP) is 0.958. The van der Waals surface area contributed by atoms with Crippen molar-refractivity contribution in [1.82, 2.24) is 14.9 Å². The number of piperazine rings is 1. The highest BCUT2D eigenvalue weighted by atomic mass is 19.1. The third kappa shape index (κ3) is 2.41. The molecule has 1 fully saturated rings. The van der Waals surface area contributed by atoms with Gasteiger partial charge in [-0.2, -0.15) is 5.26 Å². The van der Waals surface area contributed by atoms with Crippen molar-refractivity contribution >= 4 is 5.82 Å². The topological polar surface area (TPSA) is 56.1 Å². The molecule has 1 aliphatic heterocycles. The molecule has 0 spiro atoms. The van der Waals surface area contributed by atoms with E-state index >= 15 is 0 Å². The molecule has 0 saturated carbocycles. The molecule has 1 aliphatic rings. The van der Waals surface area contributed by atoms with E-state index in [9.17, 15) is 4.39 Å². The van der Waals surface area contributed by atoms with Crippen LogP contribution >= 0.6 is 0 Å². The van der Waals surface area contributed by atoms with Gasteiger partial charge in [0, 0.05) is 26.2 Å². The summed E-state index contributed by atoms with van der Waals surface area (Å²) in [7, 11) is 0. The third-order valence-corrected chi connectivity index (χ3v) is 3.29. The Balaban J connectivity index is 2.06. The highest BCUT2D eigenvalue weighted by Crippen LogP contribution is 2.19. The van der Waals surface area contributed by atoms with Crippen molar-refractivity contribution in [2.75, 3.05) is 31.1 Å². The molecule has 96 valence electrons. The van der Waals surface area contributed by atoms with E-state index in [2.05, 4.69) is 20.9 Å². The van der Waals surface area contributed by atoms with Crippen LogP contribution in [0.25, 0.3) is 0 Å². The van der Waals surface area contributed by atoms with E-state index in [-0.39, 0.29) is 11.9 Å². The molecule has 2 rings (SSSR count). The van der Waals surface area contributed by atoms with Crippen LogP contribution < -0.4 is 4.90 Å². The van der Waals surface area contributed by atoms with Crippen molar-refractivity contribution in [2.45, 2.75) is 19.9 Å². The number of aromatic nitrogens is 2. The first-order chi connectivity index (χ1) is 8.63. The Morgan fingerprint density at radius 1 is 1.33 bits per heavy atom. The molecule has 18 heavy (non-hydrogen) atoms. The van der Waals surface area contributed by atoms with Crippen LogP contribution in [0.4, 0.5) is 10.2 Å². The fourth-order valence-electron chi connectivity index (χ4n) is 2.07. The smallest absolute Gasteiger partial charge is 0.186 e. The Bertz CT molecular complexity index is 462. The minimum Gasteiger partial charge on any atom is -0.352 e. The summed E-state index contributed by atoms with van der Waals surface area (Å²) < 4.78 is 13.9. The Hall–Kier alpha value is -1.74. The predicted molar refractivity (Wildman–Crippen MR) is 65.6 cm³/mol. The number of halogens is 1. The largest absolute Gasteiger partial charge is 0.352 e. The maximum Gasteiger partial charge on any atom is 0.186 e. The SMILES string of the molecule is Cc1ncnc(N2CCN(C(C)C#N)CC2)c1F. The summed E-state index contributed by atoms with van der Waals surface area (Å²) in [4.78, 5) is 11.8. The second kappa shape index (κ2) is 5.27. The van der Waals surface area contributed by atoms with E-state index in [1.54, 1.807) is 6.92 Å². The fraction of sp³-hybridized carbons (Fsp3) is 0.583. The zero-order valence-electron chi connectivity index (χ0n) is 10.6. The van der Waals surface area contributed by atoms with Crippen molar-refractivity contribution in [2.24, 2.45) is 0 Å². The number of hydrogen-bond acceptors (Lipinski definition) is 5. The van der Waals surface area contributed by atoms with E-state index in [0.717, 1.165) is 13.1 Å². The zero-order valence-corrected chi connectivity index (χ0v) is 10.6. The summed E-state index contributed by atoms with van der Waals surface area (Å²) >= 11 is 0. The lowest BCUT2D eigenvalue weighted by Crippen LogP contribution is -2.49. The molecule has 1 aromatic heterocycles. The van der Waals surface area contributed by atoms with Crippen LogP contribution in [-0.4, -0.2) is 47.1 Å². The normalized spacial score (nSPS) is 18.4. The minimum atomic E-state index is -0.348. The molecule has 0 radical (unpaired) electrons. The molecule has 5 nitrogen and oxygen atoms in total. The van der Waals surface area contributed by atoms with Crippen LogP contribution in [-0.2, 0) is 0 Å². The summed E-state index contributed by atoms with van der Waals surface area (Å²) in [5.41, 5.74) is 0.368. The van der Waals surface area contributed by atoms with Crippen molar-refractivity contribution in [1.29, 1.82) is 5.26 Å². The molecule has 6 heteroatoms. The summed E-state index contributed by atoms with van der Waals surface area (Å²) in [6.45, 7) is 6.37. The lowest BCUT2D eigenvalue weighted by molar-refractivity contribution is 0.230. The first-order valence-electron chi connectivity index (χ1n) is 5.99. The standard InChI is InChI=1S/C12H16FN5/c1-9(7-14)17-3-5-18(6-4-17)12-11(13)10(2)15-8-16-12/h8-9H,3-6H2,1-2H3. The highest BCUT2D eigenvalue weighted by molar-refractivity contribution is 5.41. The number of aryl methyl sites for hydroxylation is 1. The van der Waals surface area contributed by atoms with Crippen molar-refractivity contribution < 1.29 is 4.39 Å². The van der Waals surface area contributed by atoms with Gasteiger partial charge in [-0.3, -0.25) is 4.90 Å². The molecule has 1 atom stereocenters. The average molecular weight is 249 g/mol. The Morgan fingerprint density at radius 2 is 2.00 bits per heavy atom. The van der Waals surface area contributed by atoms with Gasteiger partial charge in [-0.1, -0.05) is 0 Å². The van der Waals surface area contributed by atoms with Crippen LogP contribution in [0.15, 0.2) is 6.33 Å². The van der Waals surface area contributed by atoms with Gasteiger partial charge in [-0.15, -0.1) is 0 Å². The second-order valence-electron chi connectivity index (χ2n) is 4.42. The van der Waals surface area contributed by atoms with Gasteiger partial charge in [0.25, 0.3) is 0 Å². The number of rotatable bonds is 2. The molecule has 1 saturated heterocycles. The van der Waals surface area contributed by atoms with Crippen LogP contribution in [0.1, 0.15) is 12.6 Å². The average Bonchev–Trinajstić information content (AvgIpc) is 2.41. The zero-order chi connectivity index (χ0) is 13.1. The van der Waals surface area contributed by atoms with Gasteiger partial charge < -0.3 is 4.90 Å². The van der Waals surface area contributed by atoms with E-state index in [0.29, 0.717) is 24.6 Å². The van der Waals surface area contributed by atoms with E-state index in [1.165, 1.54) is 6.33 Å². The first kappa shape index (κ1) is 12.7. The summed E-state index contributed by atoms with van der Waals surface area (Å²) in [6.07, 6.45) is 1.39. The monoisotopic (exact) mass is 249 g/mol. The molecular weight excluding hydrogens is 233 g/mol. The van der Waals surface area contributed by atoms with Crippen LogP contribution in [0.3, 0.4) is 0 Å². The number of nitrogens with zero attached hydrogens (tertiary/aromatic N) is 5. The maximum atomic E-state index is 13.9. The highest BCUT2D eigenvalue weighted by Gasteiger charge is 2.23. The number of nitriles is 1. The Morgan fingerprint density at radius 3 is 2.61 bits per heavy atom. The molecule has 0 aromatic carbocycles. The molecule has 0 amide bonds. The molecular formula is C12H16FN5. The summed E-state index contributed by atoms with van der Waals surface area (Å²) in [5, 5.41) is 8.86. The van der Waals surface area contributed by atoms with Gasteiger partial charge in [-0.25, -0.2) is 14.4 Å². The molecule has 0 bridgehead atoms. The quantitative estimate of drug-likeness (QED) is 0.781. The van der Waals surface area contributed by atoms with Crippen molar-refractivity contribution in [3.63, 3.8) is 0 Å². The lowest BCUT2D eigenvalue weighted by Gasteiger charge is -2.36. The van der Waals surface area contributed by atoms with Gasteiger partial charge in [0.15, 0.2) is 11.6 Å². The third-order valence-electron chi connectivity index (χ3n) is 3.29. The molecule has 1 unspecified atom stereocenters. The molecule has 0 N–H and O–H groups in total. The van der Waals surface area contributed by atoms with Gasteiger partial charge in [-0.05, 0) is 13.8 Å². The van der Waals surface area contributed by atoms with E-state index < -0.39 is 0 Å². The minimum absolute atomic E-state index is 0.0934. The number of anilines is 1. The van der Waals surface area contributed by atoms with Gasteiger partial charge in [0.1, 0.15) is 6.33 Å². The Kier molecular flexibility index (Phi) is 3.72. The van der Waals surface area contributed by atoms with Crippen LogP contribution in [0, 0.1) is 24.1 Å². The van der Waals surface area contributed by atoms with E-state index in [4.69, 9.17) is 5.26 Å². The van der Waals surface area contributed by atoms with Crippen LogP contribution in [0.5, 0.6) is 0 Å². The molecule has 2 heterocycles. The maximum absolute atomic E-state index is 13.9. The molecule has 0 aliphatic carbocycles. The second-order valence-corrected chi connectivity index (χ2v) is 4.42. The first-order valence-corrected chi connectivity index (χ1v) is 5.99. The van der Waals surface area contributed by atoms with Gasteiger partial charge >= 0.3 is 0 Å². The summed E-state index contributed by atoms with van der Waals surface area (Å²) in [6, 6.07) is 2.12. The van der Waals surface area contributed by atoms with Crippen molar-refractivity contribution in [3.8, 4) is 6.07 Å². The lowest BCUT2D eigenvalue weighted by atomic mass is 10.2. The Labute approximate surface area is 106 Å². The van der Waals surface area contributed by atoms with Gasteiger partial charge in [0.2, 0.25) is 0 Å².